The summed E-state index contributed by atoms with van der Waals surface area (Å²) < 4.78 is 5.73. The molecule has 1 atom stereocenters. The Morgan fingerprint density at radius 2 is 2.23 bits per heavy atom. The number of para-hydroxylation sites is 1. The predicted molar refractivity (Wildman–Crippen MR) is 88.5 cm³/mol. The van der Waals surface area contributed by atoms with Crippen LogP contribution in [0.3, 0.4) is 0 Å². The van der Waals surface area contributed by atoms with Crippen molar-refractivity contribution in [3.8, 4) is 0 Å². The maximum Gasteiger partial charge on any atom is 0.270 e. The number of ether oxygens (including phenoxy) is 1. The van der Waals surface area contributed by atoms with Crippen LogP contribution >= 0.6 is 11.6 Å². The highest BCUT2D eigenvalue weighted by molar-refractivity contribution is 6.35. The first-order valence-electron chi connectivity index (χ1n) is 7.56. The largest absolute Gasteiger partial charge is 0.375 e. The number of fused-ring (bicyclic) bond motifs is 1. The maximum atomic E-state index is 12.7. The molecule has 0 spiro atoms. The molecule has 1 aliphatic rings. The molecule has 4 nitrogen and oxygen atoms in total. The van der Waals surface area contributed by atoms with Crippen LogP contribution in [0.5, 0.6) is 0 Å². The molecule has 5 heteroatoms. The fourth-order valence-corrected chi connectivity index (χ4v) is 3.35. The van der Waals surface area contributed by atoms with Gasteiger partial charge < -0.3 is 14.6 Å². The molecule has 2 heterocycles. The average Bonchev–Trinajstić information content (AvgIpc) is 2.90. The summed E-state index contributed by atoms with van der Waals surface area (Å²) in [5, 5.41) is 1.59. The second kappa shape index (κ2) is 5.60. The first-order valence-corrected chi connectivity index (χ1v) is 7.93. The van der Waals surface area contributed by atoms with Gasteiger partial charge in [0.2, 0.25) is 0 Å². The molecule has 1 aromatic heterocycles. The number of H-pyrrole nitrogens is 1. The maximum absolute atomic E-state index is 12.7. The molecule has 1 unspecified atom stereocenters. The van der Waals surface area contributed by atoms with Crippen molar-refractivity contribution in [3.05, 3.63) is 35.0 Å². The van der Waals surface area contributed by atoms with E-state index in [-0.39, 0.29) is 17.6 Å². The number of benzene rings is 1. The molecule has 0 bridgehead atoms. The standard InChI is InChI=1S/C17H21ClN2O2/c1-17(2)10-12(7-8-22-17)20(3)16(21)14-9-11-5-4-6-13(18)15(11)19-14/h4-6,9,12,19H,7-8,10H2,1-3H3. The third-order valence-electron chi connectivity index (χ3n) is 4.37. The van der Waals surface area contributed by atoms with Gasteiger partial charge in [0.25, 0.3) is 5.91 Å². The van der Waals surface area contributed by atoms with Gasteiger partial charge in [0.15, 0.2) is 0 Å². The summed E-state index contributed by atoms with van der Waals surface area (Å²) in [4.78, 5) is 17.7. The molecule has 1 N–H and O–H groups in total. The molecular weight excluding hydrogens is 300 g/mol. The Balaban J connectivity index is 1.84. The molecule has 1 aliphatic heterocycles. The van der Waals surface area contributed by atoms with E-state index in [1.165, 1.54) is 0 Å². The second-order valence-electron chi connectivity index (χ2n) is 6.56. The normalized spacial score (nSPS) is 21.0. The van der Waals surface area contributed by atoms with E-state index in [9.17, 15) is 4.79 Å². The molecule has 0 aliphatic carbocycles. The van der Waals surface area contributed by atoms with Crippen LogP contribution in [0.25, 0.3) is 10.9 Å². The van der Waals surface area contributed by atoms with Gasteiger partial charge in [-0.25, -0.2) is 0 Å². The number of carbonyl (C=O) groups is 1. The number of hydrogen-bond donors (Lipinski definition) is 1. The van der Waals surface area contributed by atoms with E-state index in [0.717, 1.165) is 23.7 Å². The smallest absolute Gasteiger partial charge is 0.270 e. The van der Waals surface area contributed by atoms with Gasteiger partial charge in [-0.05, 0) is 38.8 Å². The van der Waals surface area contributed by atoms with E-state index in [2.05, 4.69) is 18.8 Å². The second-order valence-corrected chi connectivity index (χ2v) is 6.97. The molecule has 2 aromatic rings. The van der Waals surface area contributed by atoms with Crippen LogP contribution in [-0.4, -0.2) is 41.1 Å². The summed E-state index contributed by atoms with van der Waals surface area (Å²) in [6.07, 6.45) is 1.71. The first kappa shape index (κ1) is 15.4. The average molecular weight is 321 g/mol. The Morgan fingerprint density at radius 1 is 1.45 bits per heavy atom. The molecule has 0 radical (unpaired) electrons. The number of aromatic nitrogens is 1. The van der Waals surface area contributed by atoms with Gasteiger partial charge in [-0.15, -0.1) is 0 Å². The number of halogens is 1. The lowest BCUT2D eigenvalue weighted by atomic mass is 9.93. The number of nitrogens with zero attached hydrogens (tertiary/aromatic N) is 1. The summed E-state index contributed by atoms with van der Waals surface area (Å²) in [5.74, 6) is -0.00466. The monoisotopic (exact) mass is 320 g/mol. The van der Waals surface area contributed by atoms with Crippen LogP contribution in [-0.2, 0) is 4.74 Å². The van der Waals surface area contributed by atoms with Crippen LogP contribution in [0.1, 0.15) is 37.2 Å². The van der Waals surface area contributed by atoms with Gasteiger partial charge in [-0.1, -0.05) is 23.7 Å². The summed E-state index contributed by atoms with van der Waals surface area (Å²) >= 11 is 6.17. The molecular formula is C17H21ClN2O2. The minimum atomic E-state index is -0.179. The van der Waals surface area contributed by atoms with Gasteiger partial charge in [-0.2, -0.15) is 0 Å². The van der Waals surface area contributed by atoms with Gasteiger partial charge in [0.05, 0.1) is 16.1 Å². The topological polar surface area (TPSA) is 45.3 Å². The van der Waals surface area contributed by atoms with Crippen molar-refractivity contribution in [3.63, 3.8) is 0 Å². The molecule has 3 rings (SSSR count). The molecule has 118 valence electrons. The van der Waals surface area contributed by atoms with Crippen LogP contribution in [0.15, 0.2) is 24.3 Å². The van der Waals surface area contributed by atoms with Crippen molar-refractivity contribution in [2.45, 2.75) is 38.3 Å². The van der Waals surface area contributed by atoms with Crippen LogP contribution in [0, 0.1) is 0 Å². The summed E-state index contributed by atoms with van der Waals surface area (Å²) in [5.41, 5.74) is 1.21. The summed E-state index contributed by atoms with van der Waals surface area (Å²) in [6, 6.07) is 7.71. The number of carbonyl (C=O) groups excluding carboxylic acids is 1. The SMILES string of the molecule is CN(C(=O)c1cc2cccc(Cl)c2[nH]1)C1CCOC(C)(C)C1. The lowest BCUT2D eigenvalue weighted by molar-refractivity contribution is -0.0756. The van der Waals surface area contributed by atoms with Crippen LogP contribution in [0.4, 0.5) is 0 Å². The third kappa shape index (κ3) is 2.85. The van der Waals surface area contributed by atoms with Crippen molar-refractivity contribution >= 4 is 28.4 Å². The molecule has 1 fully saturated rings. The lowest BCUT2D eigenvalue weighted by Gasteiger charge is -2.39. The highest BCUT2D eigenvalue weighted by atomic mass is 35.5. The van der Waals surface area contributed by atoms with Crippen molar-refractivity contribution < 1.29 is 9.53 Å². The Hall–Kier alpha value is -1.52. The van der Waals surface area contributed by atoms with E-state index in [0.29, 0.717) is 17.3 Å². The molecule has 1 saturated heterocycles. The number of nitrogens with one attached hydrogen (secondary N) is 1. The summed E-state index contributed by atoms with van der Waals surface area (Å²) in [6.45, 7) is 4.83. The zero-order valence-electron chi connectivity index (χ0n) is 13.1. The summed E-state index contributed by atoms with van der Waals surface area (Å²) in [7, 11) is 1.86. The van der Waals surface area contributed by atoms with E-state index < -0.39 is 0 Å². The fraction of sp³-hybridized carbons (Fsp3) is 0.471. The van der Waals surface area contributed by atoms with E-state index in [1.807, 2.05) is 36.2 Å². The number of rotatable bonds is 2. The highest BCUT2D eigenvalue weighted by Crippen LogP contribution is 2.28. The Labute approximate surface area is 135 Å². The number of aromatic amines is 1. The molecule has 22 heavy (non-hydrogen) atoms. The van der Waals surface area contributed by atoms with Gasteiger partial charge in [-0.3, -0.25) is 4.79 Å². The zero-order valence-corrected chi connectivity index (χ0v) is 13.9. The minimum absolute atomic E-state index is 0.00466. The van der Waals surface area contributed by atoms with Crippen molar-refractivity contribution in [2.75, 3.05) is 13.7 Å². The molecule has 1 amide bonds. The third-order valence-corrected chi connectivity index (χ3v) is 4.69. The van der Waals surface area contributed by atoms with E-state index >= 15 is 0 Å². The van der Waals surface area contributed by atoms with Crippen LogP contribution < -0.4 is 0 Å². The minimum Gasteiger partial charge on any atom is -0.375 e. The fourth-order valence-electron chi connectivity index (χ4n) is 3.12. The van der Waals surface area contributed by atoms with Gasteiger partial charge in [0.1, 0.15) is 5.69 Å². The quantitative estimate of drug-likeness (QED) is 0.913. The predicted octanol–water partition coefficient (Wildman–Crippen LogP) is 3.85. The van der Waals surface area contributed by atoms with Crippen molar-refractivity contribution in [1.82, 2.24) is 9.88 Å². The Bertz CT molecular complexity index is 708. The van der Waals surface area contributed by atoms with Crippen molar-refractivity contribution in [1.29, 1.82) is 0 Å². The van der Waals surface area contributed by atoms with E-state index in [4.69, 9.17) is 16.3 Å². The van der Waals surface area contributed by atoms with Gasteiger partial charge >= 0.3 is 0 Å². The lowest BCUT2D eigenvalue weighted by Crippen LogP contribution is -2.46. The van der Waals surface area contributed by atoms with Gasteiger partial charge in [0, 0.05) is 25.1 Å². The number of amides is 1. The highest BCUT2D eigenvalue weighted by Gasteiger charge is 2.33. The van der Waals surface area contributed by atoms with Crippen LogP contribution in [0.2, 0.25) is 5.02 Å². The first-order chi connectivity index (χ1) is 10.4. The zero-order chi connectivity index (χ0) is 15.9. The Morgan fingerprint density at radius 3 is 2.91 bits per heavy atom. The number of hydrogen-bond acceptors (Lipinski definition) is 2. The Kier molecular flexibility index (Phi) is 3.91. The van der Waals surface area contributed by atoms with Crippen molar-refractivity contribution in [2.24, 2.45) is 0 Å². The molecule has 1 aromatic carbocycles. The molecule has 0 saturated carbocycles. The van der Waals surface area contributed by atoms with E-state index in [1.54, 1.807) is 0 Å².